The Balaban J connectivity index is 0.937. The summed E-state index contributed by atoms with van der Waals surface area (Å²) in [7, 11) is 0. The molecule has 0 unspecified atom stereocenters. The quantitative estimate of drug-likeness (QED) is 0.168. The highest BCUT2D eigenvalue weighted by Gasteiger charge is 2.36. The summed E-state index contributed by atoms with van der Waals surface area (Å²) in [5.41, 5.74) is 16.0. The summed E-state index contributed by atoms with van der Waals surface area (Å²) in [6.45, 7) is 4.67. The van der Waals surface area contributed by atoms with Gasteiger partial charge in [-0.05, 0) is 130 Å². The molecule has 0 N–H and O–H groups in total. The van der Waals surface area contributed by atoms with E-state index in [0.29, 0.717) is 0 Å². The maximum Gasteiger partial charge on any atom is 0.136 e. The van der Waals surface area contributed by atoms with E-state index in [1.54, 1.807) is 0 Å². The van der Waals surface area contributed by atoms with Crippen LogP contribution in [0.4, 0.5) is 0 Å². The Bertz CT molecular complexity index is 3730. The van der Waals surface area contributed by atoms with E-state index >= 15 is 0 Å². The number of hydrogen-bond donors (Lipinski definition) is 0. The van der Waals surface area contributed by atoms with E-state index < -0.39 is 0 Å². The van der Waals surface area contributed by atoms with Crippen molar-refractivity contribution in [1.29, 1.82) is 0 Å². The van der Waals surface area contributed by atoms with Crippen LogP contribution in [0.3, 0.4) is 0 Å². The molecule has 1 aliphatic rings. The van der Waals surface area contributed by atoms with Crippen molar-refractivity contribution in [3.05, 3.63) is 193 Å². The van der Waals surface area contributed by atoms with Crippen molar-refractivity contribution in [3.63, 3.8) is 0 Å². The zero-order chi connectivity index (χ0) is 39.0. The third-order valence-electron chi connectivity index (χ3n) is 13.3. The summed E-state index contributed by atoms with van der Waals surface area (Å²) >= 11 is 0. The molecule has 2 nitrogen and oxygen atoms in total. The lowest BCUT2D eigenvalue weighted by molar-refractivity contribution is 0.660. The van der Waals surface area contributed by atoms with Crippen molar-refractivity contribution in [1.82, 2.24) is 0 Å². The average Bonchev–Trinajstić information content (AvgIpc) is 3.91. The van der Waals surface area contributed by atoms with E-state index in [0.717, 1.165) is 49.4 Å². The third-order valence-corrected chi connectivity index (χ3v) is 13.3. The molecule has 2 heterocycles. The Hall–Kier alpha value is -7.42. The largest absolute Gasteiger partial charge is 0.456 e. The van der Waals surface area contributed by atoms with Crippen LogP contribution in [0, 0.1) is 0 Å². The summed E-state index contributed by atoms with van der Waals surface area (Å²) in [5.74, 6) is 0. The van der Waals surface area contributed by atoms with Gasteiger partial charge in [-0.1, -0.05) is 153 Å². The predicted molar refractivity (Wildman–Crippen MR) is 247 cm³/mol. The summed E-state index contributed by atoms with van der Waals surface area (Å²) in [5, 5.41) is 12.0. The van der Waals surface area contributed by atoms with Crippen molar-refractivity contribution in [3.8, 4) is 44.5 Å². The fraction of sp³-hybridized carbons (Fsp3) is 0.0526. The topological polar surface area (TPSA) is 26.3 Å². The van der Waals surface area contributed by atoms with Gasteiger partial charge in [-0.2, -0.15) is 0 Å². The maximum absolute atomic E-state index is 6.60. The van der Waals surface area contributed by atoms with Crippen LogP contribution >= 0.6 is 0 Å². The smallest absolute Gasteiger partial charge is 0.136 e. The first-order valence-corrected chi connectivity index (χ1v) is 20.5. The molecule has 0 saturated heterocycles. The summed E-state index contributed by atoms with van der Waals surface area (Å²) in [6.07, 6.45) is 0. The van der Waals surface area contributed by atoms with E-state index in [4.69, 9.17) is 8.83 Å². The zero-order valence-electron chi connectivity index (χ0n) is 32.6. The van der Waals surface area contributed by atoms with Crippen LogP contribution in [-0.2, 0) is 5.41 Å². The van der Waals surface area contributed by atoms with Gasteiger partial charge in [0, 0.05) is 27.0 Å². The van der Waals surface area contributed by atoms with Gasteiger partial charge in [0.2, 0.25) is 0 Å². The Morgan fingerprint density at radius 1 is 0.288 bits per heavy atom. The molecule has 1 aliphatic carbocycles. The van der Waals surface area contributed by atoms with E-state index in [-0.39, 0.29) is 5.41 Å². The minimum atomic E-state index is -0.0509. The SMILES string of the molecule is CC1(C)c2ccccc2-c2c(-c3ccc4oc5cc6c(cc5c4c3)oc3ccc(-c4ccccc4-c4ccc5c7ccccc7c7ccccc7c5c4)cc36)cccc21. The van der Waals surface area contributed by atoms with E-state index in [1.807, 2.05) is 0 Å². The highest BCUT2D eigenvalue weighted by atomic mass is 16.3. The molecule has 13 rings (SSSR count). The fourth-order valence-electron chi connectivity index (χ4n) is 10.4. The number of fused-ring (bicyclic) bond motifs is 15. The molecule has 0 atom stereocenters. The van der Waals surface area contributed by atoms with Crippen molar-refractivity contribution in [2.45, 2.75) is 19.3 Å². The van der Waals surface area contributed by atoms with Gasteiger partial charge in [0.15, 0.2) is 0 Å². The molecule has 0 saturated carbocycles. The van der Waals surface area contributed by atoms with Crippen LogP contribution in [0.25, 0.3) is 121 Å². The molecule has 276 valence electrons. The third kappa shape index (κ3) is 4.57. The van der Waals surface area contributed by atoms with Crippen molar-refractivity contribution in [2.75, 3.05) is 0 Å². The number of furan rings is 2. The second-order valence-electron chi connectivity index (χ2n) is 16.8. The van der Waals surface area contributed by atoms with Gasteiger partial charge in [-0.25, -0.2) is 0 Å². The molecule has 59 heavy (non-hydrogen) atoms. The molecule has 12 aromatic rings. The van der Waals surface area contributed by atoms with E-state index in [2.05, 4.69) is 196 Å². The van der Waals surface area contributed by atoms with Crippen molar-refractivity contribution in [2.24, 2.45) is 0 Å². The average molecular weight is 753 g/mol. The normalized spacial score (nSPS) is 13.4. The molecular formula is C57H36O2. The number of benzene rings is 10. The standard InChI is InChI=1S/C57H36O2/c1-57(2)50-20-10-9-18-44(50)56-38(19-11-21-51(56)57)35-24-27-53-47(30-35)49-32-54-48(31-55(49)59-53)46-29-34(23-26-52(46)58-54)37-13-4-3-12-36(37)33-22-25-43-41-16-6-5-14-39(41)40-15-7-8-17-42(40)45(43)28-33/h3-32H,1-2H3. The molecular weight excluding hydrogens is 717 g/mol. The molecule has 0 fully saturated rings. The Morgan fingerprint density at radius 3 is 1.29 bits per heavy atom. The Labute approximate surface area is 340 Å². The second kappa shape index (κ2) is 11.8. The van der Waals surface area contributed by atoms with Crippen LogP contribution in [-0.4, -0.2) is 0 Å². The molecule has 0 radical (unpaired) electrons. The summed E-state index contributed by atoms with van der Waals surface area (Å²) < 4.78 is 13.2. The molecule has 0 amide bonds. The number of rotatable bonds is 3. The lowest BCUT2D eigenvalue weighted by Crippen LogP contribution is -2.14. The highest BCUT2D eigenvalue weighted by Crippen LogP contribution is 2.52. The molecule has 0 aliphatic heterocycles. The molecule has 2 aromatic heterocycles. The Morgan fingerprint density at radius 2 is 0.695 bits per heavy atom. The molecule has 0 bridgehead atoms. The van der Waals surface area contributed by atoms with Gasteiger partial charge >= 0.3 is 0 Å². The fourth-order valence-corrected chi connectivity index (χ4v) is 10.4. The predicted octanol–water partition coefficient (Wildman–Crippen LogP) is 16.3. The summed E-state index contributed by atoms with van der Waals surface area (Å²) in [6, 6.07) is 66.4. The van der Waals surface area contributed by atoms with Crippen LogP contribution in [0.2, 0.25) is 0 Å². The van der Waals surface area contributed by atoms with E-state index in [1.165, 1.54) is 82.4 Å². The van der Waals surface area contributed by atoms with Crippen molar-refractivity contribution < 1.29 is 8.83 Å². The van der Waals surface area contributed by atoms with Gasteiger partial charge in [-0.3, -0.25) is 0 Å². The molecule has 10 aromatic carbocycles. The van der Waals surface area contributed by atoms with Gasteiger partial charge < -0.3 is 8.83 Å². The maximum atomic E-state index is 6.60. The van der Waals surface area contributed by atoms with E-state index in [9.17, 15) is 0 Å². The summed E-state index contributed by atoms with van der Waals surface area (Å²) in [4.78, 5) is 0. The molecule has 0 spiro atoms. The minimum absolute atomic E-state index is 0.0509. The van der Waals surface area contributed by atoms with Gasteiger partial charge in [0.05, 0.1) is 0 Å². The molecule has 2 heteroatoms. The monoisotopic (exact) mass is 752 g/mol. The Kier molecular flexibility index (Phi) is 6.54. The van der Waals surface area contributed by atoms with Crippen LogP contribution in [0.1, 0.15) is 25.0 Å². The first kappa shape index (κ1) is 32.6. The van der Waals surface area contributed by atoms with Crippen LogP contribution in [0.15, 0.2) is 191 Å². The van der Waals surface area contributed by atoms with Crippen LogP contribution < -0.4 is 0 Å². The van der Waals surface area contributed by atoms with Gasteiger partial charge in [-0.15, -0.1) is 0 Å². The zero-order valence-corrected chi connectivity index (χ0v) is 32.6. The second-order valence-corrected chi connectivity index (χ2v) is 16.8. The van der Waals surface area contributed by atoms with Gasteiger partial charge in [0.1, 0.15) is 22.3 Å². The lowest BCUT2D eigenvalue weighted by atomic mass is 9.82. The van der Waals surface area contributed by atoms with Crippen molar-refractivity contribution >= 4 is 76.2 Å². The minimum Gasteiger partial charge on any atom is -0.456 e. The first-order chi connectivity index (χ1) is 29.0. The van der Waals surface area contributed by atoms with Gasteiger partial charge in [0.25, 0.3) is 0 Å². The van der Waals surface area contributed by atoms with Crippen LogP contribution in [0.5, 0.6) is 0 Å². The lowest BCUT2D eigenvalue weighted by Gasteiger charge is -2.21. The highest BCUT2D eigenvalue weighted by molar-refractivity contribution is 6.26. The first-order valence-electron chi connectivity index (χ1n) is 20.5. The number of hydrogen-bond acceptors (Lipinski definition) is 2.